The Balaban J connectivity index is 2.12. The summed E-state index contributed by atoms with van der Waals surface area (Å²) >= 11 is 0. The Labute approximate surface area is 119 Å². The van der Waals surface area contributed by atoms with Crippen LogP contribution in [0.1, 0.15) is 0 Å². The molecule has 1 atom stereocenters. The topological polar surface area (TPSA) is 28.4 Å². The van der Waals surface area contributed by atoms with Crippen molar-refractivity contribution >= 4 is 21.8 Å². The standard InChI is InChI=1S/C17H20N2O/c1-18(2)11-13(20)12-19-16-9-5-3-7-14(16)15-8-4-6-10-17(15)19/h3-10,13,20H,11-12H2,1-2H3/t13-/m1/s1. The number of rotatable bonds is 4. The fourth-order valence-electron chi connectivity index (χ4n) is 2.89. The maximum Gasteiger partial charge on any atom is 0.0845 e. The van der Waals surface area contributed by atoms with Gasteiger partial charge in [-0.2, -0.15) is 0 Å². The summed E-state index contributed by atoms with van der Waals surface area (Å²) in [6.45, 7) is 1.28. The van der Waals surface area contributed by atoms with Crippen LogP contribution in [0.25, 0.3) is 21.8 Å². The molecule has 0 aliphatic rings. The molecule has 0 spiro atoms. The predicted octanol–water partition coefficient (Wildman–Crippen LogP) is 2.72. The molecular formula is C17H20N2O. The summed E-state index contributed by atoms with van der Waals surface area (Å²) in [6.07, 6.45) is -0.371. The van der Waals surface area contributed by atoms with E-state index >= 15 is 0 Å². The van der Waals surface area contributed by atoms with Gasteiger partial charge in [0.1, 0.15) is 0 Å². The molecule has 3 heteroatoms. The van der Waals surface area contributed by atoms with Gasteiger partial charge in [-0.05, 0) is 26.2 Å². The van der Waals surface area contributed by atoms with E-state index < -0.39 is 0 Å². The molecule has 1 heterocycles. The second kappa shape index (κ2) is 5.27. The van der Waals surface area contributed by atoms with Crippen LogP contribution in [-0.2, 0) is 6.54 Å². The number of hydrogen-bond donors (Lipinski definition) is 1. The highest BCUT2D eigenvalue weighted by molar-refractivity contribution is 6.07. The second-order valence-electron chi connectivity index (χ2n) is 5.56. The van der Waals surface area contributed by atoms with Crippen LogP contribution in [0.4, 0.5) is 0 Å². The lowest BCUT2D eigenvalue weighted by Crippen LogP contribution is -2.29. The number of benzene rings is 2. The van der Waals surface area contributed by atoms with Crippen molar-refractivity contribution in [1.82, 2.24) is 9.47 Å². The van der Waals surface area contributed by atoms with Gasteiger partial charge >= 0.3 is 0 Å². The number of aliphatic hydroxyl groups is 1. The van der Waals surface area contributed by atoms with E-state index in [4.69, 9.17) is 0 Å². The SMILES string of the molecule is CN(C)C[C@@H](O)Cn1c2ccccc2c2ccccc21. The summed E-state index contributed by atoms with van der Waals surface area (Å²) in [7, 11) is 3.96. The van der Waals surface area contributed by atoms with Crippen LogP contribution in [0.5, 0.6) is 0 Å². The molecule has 0 aliphatic heterocycles. The van der Waals surface area contributed by atoms with Crippen molar-refractivity contribution in [2.45, 2.75) is 12.6 Å². The number of hydrogen-bond acceptors (Lipinski definition) is 2. The average Bonchev–Trinajstić information content (AvgIpc) is 2.73. The second-order valence-corrected chi connectivity index (χ2v) is 5.56. The van der Waals surface area contributed by atoms with Crippen molar-refractivity contribution in [3.05, 3.63) is 48.5 Å². The van der Waals surface area contributed by atoms with E-state index in [9.17, 15) is 5.11 Å². The molecule has 0 saturated heterocycles. The molecule has 1 aromatic heterocycles. The van der Waals surface area contributed by atoms with E-state index in [0.29, 0.717) is 13.1 Å². The van der Waals surface area contributed by atoms with Crippen LogP contribution in [0, 0.1) is 0 Å². The van der Waals surface area contributed by atoms with Gasteiger partial charge in [0.25, 0.3) is 0 Å². The fourth-order valence-corrected chi connectivity index (χ4v) is 2.89. The molecule has 0 saturated carbocycles. The van der Waals surface area contributed by atoms with Crippen molar-refractivity contribution in [1.29, 1.82) is 0 Å². The zero-order chi connectivity index (χ0) is 14.1. The molecular weight excluding hydrogens is 248 g/mol. The number of fused-ring (bicyclic) bond motifs is 3. The van der Waals surface area contributed by atoms with Gasteiger partial charge in [0, 0.05) is 28.4 Å². The number of para-hydroxylation sites is 2. The highest BCUT2D eigenvalue weighted by Crippen LogP contribution is 2.28. The van der Waals surface area contributed by atoms with Gasteiger partial charge in [0.15, 0.2) is 0 Å². The van der Waals surface area contributed by atoms with Crippen molar-refractivity contribution < 1.29 is 5.11 Å². The third-order valence-corrected chi connectivity index (χ3v) is 3.65. The first-order valence-corrected chi connectivity index (χ1v) is 6.95. The maximum absolute atomic E-state index is 10.2. The van der Waals surface area contributed by atoms with Crippen molar-refractivity contribution in [2.75, 3.05) is 20.6 Å². The number of aromatic nitrogens is 1. The van der Waals surface area contributed by atoms with Gasteiger partial charge in [0.2, 0.25) is 0 Å². The van der Waals surface area contributed by atoms with Crippen molar-refractivity contribution in [3.8, 4) is 0 Å². The lowest BCUT2D eigenvalue weighted by atomic mass is 10.2. The third-order valence-electron chi connectivity index (χ3n) is 3.65. The highest BCUT2D eigenvalue weighted by atomic mass is 16.3. The molecule has 0 aliphatic carbocycles. The van der Waals surface area contributed by atoms with Gasteiger partial charge in [-0.15, -0.1) is 0 Å². The van der Waals surface area contributed by atoms with Gasteiger partial charge < -0.3 is 14.6 Å². The largest absolute Gasteiger partial charge is 0.390 e. The zero-order valence-electron chi connectivity index (χ0n) is 12.0. The summed E-state index contributed by atoms with van der Waals surface area (Å²) in [5.41, 5.74) is 2.37. The summed E-state index contributed by atoms with van der Waals surface area (Å²) in [6, 6.07) is 16.8. The lowest BCUT2D eigenvalue weighted by molar-refractivity contribution is 0.122. The summed E-state index contributed by atoms with van der Waals surface area (Å²) < 4.78 is 2.22. The summed E-state index contributed by atoms with van der Waals surface area (Å²) in [4.78, 5) is 2.01. The molecule has 3 aromatic rings. The van der Waals surface area contributed by atoms with E-state index in [1.807, 2.05) is 19.0 Å². The zero-order valence-corrected chi connectivity index (χ0v) is 12.0. The highest BCUT2D eigenvalue weighted by Gasteiger charge is 2.13. The Kier molecular flexibility index (Phi) is 3.47. The number of likely N-dealkylation sites (N-methyl/N-ethyl adjacent to an activating group) is 1. The average molecular weight is 268 g/mol. The Morgan fingerprint density at radius 2 is 1.45 bits per heavy atom. The summed E-state index contributed by atoms with van der Waals surface area (Å²) in [5, 5.41) is 12.7. The first kappa shape index (κ1) is 13.2. The smallest absolute Gasteiger partial charge is 0.0845 e. The fraction of sp³-hybridized carbons (Fsp3) is 0.294. The number of nitrogens with zero attached hydrogens (tertiary/aromatic N) is 2. The molecule has 3 rings (SSSR count). The minimum absolute atomic E-state index is 0.371. The molecule has 0 bridgehead atoms. The molecule has 104 valence electrons. The predicted molar refractivity (Wildman–Crippen MR) is 84.0 cm³/mol. The Morgan fingerprint density at radius 1 is 0.950 bits per heavy atom. The first-order valence-electron chi connectivity index (χ1n) is 6.95. The molecule has 0 fully saturated rings. The van der Waals surface area contributed by atoms with E-state index in [0.717, 1.165) is 0 Å². The minimum atomic E-state index is -0.371. The molecule has 2 aromatic carbocycles. The van der Waals surface area contributed by atoms with Crippen LogP contribution in [-0.4, -0.2) is 41.3 Å². The van der Waals surface area contributed by atoms with E-state index in [-0.39, 0.29) is 6.10 Å². The maximum atomic E-state index is 10.2. The van der Waals surface area contributed by atoms with Crippen molar-refractivity contribution in [2.24, 2.45) is 0 Å². The Morgan fingerprint density at radius 3 is 1.95 bits per heavy atom. The van der Waals surface area contributed by atoms with Gasteiger partial charge in [-0.1, -0.05) is 36.4 Å². The third kappa shape index (κ3) is 2.30. The Hall–Kier alpha value is -1.84. The summed E-state index contributed by atoms with van der Waals surface area (Å²) in [5.74, 6) is 0. The van der Waals surface area contributed by atoms with E-state index in [2.05, 4.69) is 53.1 Å². The van der Waals surface area contributed by atoms with Crippen LogP contribution in [0.3, 0.4) is 0 Å². The first-order chi connectivity index (χ1) is 9.66. The van der Waals surface area contributed by atoms with Crippen LogP contribution < -0.4 is 0 Å². The molecule has 0 radical (unpaired) electrons. The Bertz CT molecular complexity index is 677. The van der Waals surface area contributed by atoms with Gasteiger partial charge in [0.05, 0.1) is 12.6 Å². The van der Waals surface area contributed by atoms with Gasteiger partial charge in [-0.3, -0.25) is 0 Å². The van der Waals surface area contributed by atoms with Gasteiger partial charge in [-0.25, -0.2) is 0 Å². The molecule has 1 N–H and O–H groups in total. The van der Waals surface area contributed by atoms with Crippen LogP contribution >= 0.6 is 0 Å². The van der Waals surface area contributed by atoms with Crippen molar-refractivity contribution in [3.63, 3.8) is 0 Å². The van der Waals surface area contributed by atoms with Crippen LogP contribution in [0.2, 0.25) is 0 Å². The normalized spacial score (nSPS) is 13.4. The molecule has 3 nitrogen and oxygen atoms in total. The van der Waals surface area contributed by atoms with Crippen LogP contribution in [0.15, 0.2) is 48.5 Å². The number of aliphatic hydroxyl groups excluding tert-OH is 1. The quantitative estimate of drug-likeness (QED) is 0.788. The molecule has 0 amide bonds. The van der Waals surface area contributed by atoms with E-state index in [1.54, 1.807) is 0 Å². The lowest BCUT2D eigenvalue weighted by Gasteiger charge is -2.17. The van der Waals surface area contributed by atoms with E-state index in [1.165, 1.54) is 21.8 Å². The molecule has 0 unspecified atom stereocenters. The molecule has 20 heavy (non-hydrogen) atoms. The minimum Gasteiger partial charge on any atom is -0.390 e. The monoisotopic (exact) mass is 268 g/mol.